The van der Waals surface area contributed by atoms with E-state index in [1.54, 1.807) is 0 Å². The Morgan fingerprint density at radius 1 is 0.929 bits per heavy atom. The second-order valence-corrected chi connectivity index (χ2v) is 9.93. The number of nitrogens with zero attached hydrogens (tertiary/aromatic N) is 4. The summed E-state index contributed by atoms with van der Waals surface area (Å²) in [6, 6.07) is 23.4. The number of fused-ring (bicyclic) bond motifs is 1. The van der Waals surface area contributed by atoms with Crippen LogP contribution in [0.1, 0.15) is 23.1 Å². The van der Waals surface area contributed by atoms with Gasteiger partial charge >= 0.3 is 6.18 Å². The minimum absolute atomic E-state index is 0.135. The first-order valence-corrected chi connectivity index (χ1v) is 13.3. The zero-order chi connectivity index (χ0) is 29.3. The highest BCUT2D eigenvalue weighted by atomic mass is 19.4. The summed E-state index contributed by atoms with van der Waals surface area (Å²) >= 11 is 0. The summed E-state index contributed by atoms with van der Waals surface area (Å²) in [7, 11) is 0. The minimum Gasteiger partial charge on any atom is -0.340 e. The standard InChI is InChI=1S/C31H24F4N6O/c32-25-18-22(31(33,34)35)13-11-21(25)17-29(42)36-26-16-20(23-8-2-3-9-24(23)30-37-39-40-38-30)12-14-28(26)41-15-5-7-19-6-1-4-10-27(19)41/h1-4,6,8-14,16,18H,5,7,15,17H2,(H,36,42)(H,37,38,39,40). The maximum atomic E-state index is 14.6. The SMILES string of the molecule is O=C(Cc1ccc(C(F)(F)F)cc1F)Nc1cc(-c2ccccc2-c2nn[nH]n2)ccc1N1CCCc2ccccc21. The predicted octanol–water partition coefficient (Wildman–Crippen LogP) is 6.96. The fourth-order valence-electron chi connectivity index (χ4n) is 5.26. The fourth-order valence-corrected chi connectivity index (χ4v) is 5.26. The molecule has 0 saturated carbocycles. The average Bonchev–Trinajstić information content (AvgIpc) is 3.53. The molecule has 0 atom stereocenters. The second-order valence-electron chi connectivity index (χ2n) is 9.93. The van der Waals surface area contributed by atoms with Gasteiger partial charge in [0.05, 0.1) is 23.4 Å². The molecule has 5 aromatic rings. The first-order valence-electron chi connectivity index (χ1n) is 13.3. The average molecular weight is 573 g/mol. The van der Waals surface area contributed by atoms with Crippen molar-refractivity contribution in [3.63, 3.8) is 0 Å². The minimum atomic E-state index is -4.68. The molecule has 1 aromatic heterocycles. The third kappa shape index (κ3) is 5.45. The molecule has 0 unspecified atom stereocenters. The van der Waals surface area contributed by atoms with Crippen LogP contribution in [0.25, 0.3) is 22.5 Å². The second kappa shape index (κ2) is 11.1. The Bertz CT molecular complexity index is 1750. The highest BCUT2D eigenvalue weighted by molar-refractivity contribution is 5.98. The molecule has 0 fully saturated rings. The summed E-state index contributed by atoms with van der Waals surface area (Å²) in [6.45, 7) is 0.714. The van der Waals surface area contributed by atoms with E-state index in [2.05, 4.69) is 36.9 Å². The Labute approximate surface area is 238 Å². The predicted molar refractivity (Wildman–Crippen MR) is 151 cm³/mol. The quantitative estimate of drug-likeness (QED) is 0.215. The van der Waals surface area contributed by atoms with E-state index in [1.807, 2.05) is 60.7 Å². The van der Waals surface area contributed by atoms with Crippen LogP contribution in [0, 0.1) is 5.82 Å². The van der Waals surface area contributed by atoms with Crippen LogP contribution in [0.3, 0.4) is 0 Å². The maximum Gasteiger partial charge on any atom is 0.416 e. The van der Waals surface area contributed by atoms with Crippen LogP contribution < -0.4 is 10.2 Å². The largest absolute Gasteiger partial charge is 0.416 e. The zero-order valence-electron chi connectivity index (χ0n) is 22.1. The Morgan fingerprint density at radius 3 is 2.48 bits per heavy atom. The van der Waals surface area contributed by atoms with Crippen molar-refractivity contribution in [3.8, 4) is 22.5 Å². The Morgan fingerprint density at radius 2 is 1.71 bits per heavy atom. The zero-order valence-corrected chi connectivity index (χ0v) is 22.1. The lowest BCUT2D eigenvalue weighted by molar-refractivity contribution is -0.137. The molecule has 42 heavy (non-hydrogen) atoms. The lowest BCUT2D eigenvalue weighted by atomic mass is 9.96. The van der Waals surface area contributed by atoms with Crippen LogP contribution in [-0.4, -0.2) is 33.1 Å². The number of H-pyrrole nitrogens is 1. The van der Waals surface area contributed by atoms with Gasteiger partial charge in [-0.15, -0.1) is 10.2 Å². The van der Waals surface area contributed by atoms with Crippen molar-refractivity contribution in [1.82, 2.24) is 20.6 Å². The molecule has 212 valence electrons. The monoisotopic (exact) mass is 572 g/mol. The first kappa shape index (κ1) is 27.1. The number of hydrogen-bond acceptors (Lipinski definition) is 5. The van der Waals surface area contributed by atoms with Gasteiger partial charge in [-0.2, -0.15) is 18.4 Å². The van der Waals surface area contributed by atoms with Gasteiger partial charge in [0.25, 0.3) is 0 Å². The smallest absolute Gasteiger partial charge is 0.340 e. The molecule has 1 aliphatic heterocycles. The van der Waals surface area contributed by atoms with Gasteiger partial charge in [0.1, 0.15) is 5.82 Å². The molecule has 2 heterocycles. The molecule has 0 saturated heterocycles. The summed E-state index contributed by atoms with van der Waals surface area (Å²) in [6.07, 6.45) is -3.29. The van der Waals surface area contributed by atoms with Crippen LogP contribution in [-0.2, 0) is 23.8 Å². The summed E-state index contributed by atoms with van der Waals surface area (Å²) in [5.41, 5.74) is 4.47. The lowest BCUT2D eigenvalue weighted by Gasteiger charge is -2.33. The topological polar surface area (TPSA) is 86.8 Å². The number of anilines is 3. The number of halogens is 4. The number of hydrogen-bond donors (Lipinski definition) is 2. The summed E-state index contributed by atoms with van der Waals surface area (Å²) in [4.78, 5) is 15.4. The van der Waals surface area contributed by atoms with Crippen molar-refractivity contribution in [3.05, 3.63) is 107 Å². The van der Waals surface area contributed by atoms with Gasteiger partial charge in [-0.05, 0) is 70.6 Å². The molecule has 1 amide bonds. The number of carbonyl (C=O) groups excluding carboxylic acids is 1. The van der Waals surface area contributed by atoms with Crippen LogP contribution >= 0.6 is 0 Å². The number of aromatic amines is 1. The fraction of sp³-hybridized carbons (Fsp3) is 0.161. The molecule has 0 aliphatic carbocycles. The molecule has 11 heteroatoms. The number of alkyl halides is 3. The summed E-state index contributed by atoms with van der Waals surface area (Å²) in [5, 5.41) is 17.2. The third-order valence-electron chi connectivity index (χ3n) is 7.23. The van der Waals surface area contributed by atoms with E-state index in [9.17, 15) is 22.4 Å². The van der Waals surface area contributed by atoms with E-state index in [1.165, 1.54) is 5.56 Å². The van der Waals surface area contributed by atoms with Gasteiger partial charge in [-0.1, -0.05) is 54.6 Å². The van der Waals surface area contributed by atoms with Crippen molar-refractivity contribution in [1.29, 1.82) is 0 Å². The molecule has 0 radical (unpaired) electrons. The molecule has 0 bridgehead atoms. The van der Waals surface area contributed by atoms with E-state index in [4.69, 9.17) is 0 Å². The van der Waals surface area contributed by atoms with Crippen LogP contribution in [0.15, 0.2) is 84.9 Å². The number of para-hydroxylation sites is 1. The number of rotatable bonds is 6. The van der Waals surface area contributed by atoms with Crippen molar-refractivity contribution in [2.75, 3.05) is 16.8 Å². The van der Waals surface area contributed by atoms with Crippen molar-refractivity contribution >= 4 is 23.0 Å². The number of amides is 1. The third-order valence-corrected chi connectivity index (χ3v) is 7.23. The summed E-state index contributed by atoms with van der Waals surface area (Å²) in [5.74, 6) is -1.25. The highest BCUT2D eigenvalue weighted by Crippen LogP contribution is 2.41. The lowest BCUT2D eigenvalue weighted by Crippen LogP contribution is -2.26. The van der Waals surface area contributed by atoms with E-state index >= 15 is 0 Å². The van der Waals surface area contributed by atoms with Gasteiger partial charge in [0.15, 0.2) is 0 Å². The van der Waals surface area contributed by atoms with Gasteiger partial charge in [0, 0.05) is 17.8 Å². The molecule has 1 aliphatic rings. The van der Waals surface area contributed by atoms with Crippen LogP contribution in [0.2, 0.25) is 0 Å². The number of aromatic nitrogens is 4. The Kier molecular flexibility index (Phi) is 7.15. The molecule has 0 spiro atoms. The molecule has 4 aromatic carbocycles. The van der Waals surface area contributed by atoms with E-state index in [0.717, 1.165) is 53.0 Å². The van der Waals surface area contributed by atoms with E-state index in [0.29, 0.717) is 24.1 Å². The van der Waals surface area contributed by atoms with Gasteiger partial charge in [-0.25, -0.2) is 4.39 Å². The normalized spacial score (nSPS) is 13.1. The first-order chi connectivity index (χ1) is 20.3. The maximum absolute atomic E-state index is 14.6. The van der Waals surface area contributed by atoms with E-state index in [-0.39, 0.29) is 5.56 Å². The van der Waals surface area contributed by atoms with Crippen LogP contribution in [0.4, 0.5) is 34.6 Å². The summed E-state index contributed by atoms with van der Waals surface area (Å²) < 4.78 is 53.6. The number of tetrazole rings is 1. The molecule has 2 N–H and O–H groups in total. The molecule has 7 nitrogen and oxygen atoms in total. The van der Waals surface area contributed by atoms with Gasteiger partial charge in [0.2, 0.25) is 11.7 Å². The Hall–Kier alpha value is -5.06. The highest BCUT2D eigenvalue weighted by Gasteiger charge is 2.31. The number of nitrogens with one attached hydrogen (secondary N) is 2. The van der Waals surface area contributed by atoms with Crippen LogP contribution in [0.5, 0.6) is 0 Å². The van der Waals surface area contributed by atoms with E-state index < -0.39 is 29.9 Å². The van der Waals surface area contributed by atoms with Gasteiger partial charge < -0.3 is 10.2 Å². The molecule has 6 rings (SSSR count). The Balaban J connectivity index is 1.38. The van der Waals surface area contributed by atoms with Crippen molar-refractivity contribution in [2.45, 2.75) is 25.4 Å². The van der Waals surface area contributed by atoms with Crippen molar-refractivity contribution in [2.24, 2.45) is 0 Å². The number of benzene rings is 4. The van der Waals surface area contributed by atoms with Gasteiger partial charge in [-0.3, -0.25) is 4.79 Å². The molecular formula is C31H24F4N6O. The van der Waals surface area contributed by atoms with Crippen molar-refractivity contribution < 1.29 is 22.4 Å². The molecular weight excluding hydrogens is 548 g/mol. The number of aryl methyl sites for hydroxylation is 1. The number of carbonyl (C=O) groups is 1.